The van der Waals surface area contributed by atoms with E-state index in [1.165, 1.54) is 5.56 Å². The maximum absolute atomic E-state index is 12.3. The van der Waals surface area contributed by atoms with E-state index in [1.807, 2.05) is 19.2 Å². The van der Waals surface area contributed by atoms with Gasteiger partial charge in [0.15, 0.2) is 0 Å². The molecule has 0 bridgehead atoms. The molecule has 3 rings (SSSR count). The highest BCUT2D eigenvalue weighted by molar-refractivity contribution is 5.93. The fourth-order valence-electron chi connectivity index (χ4n) is 3.09. The SMILES string of the molecule is CC1=C(C(=O)NCc2nccn2CCCc2ccccc2)CCCO1. The summed E-state index contributed by atoms with van der Waals surface area (Å²) in [6.07, 6.45) is 7.52. The van der Waals surface area contributed by atoms with Crippen LogP contribution in [0, 0.1) is 0 Å². The topological polar surface area (TPSA) is 56.2 Å². The minimum atomic E-state index is -0.0453. The van der Waals surface area contributed by atoms with Crippen molar-refractivity contribution in [2.75, 3.05) is 6.61 Å². The number of amides is 1. The van der Waals surface area contributed by atoms with Crippen LogP contribution < -0.4 is 5.32 Å². The summed E-state index contributed by atoms with van der Waals surface area (Å²) < 4.78 is 7.58. The van der Waals surface area contributed by atoms with Gasteiger partial charge in [0.2, 0.25) is 0 Å². The van der Waals surface area contributed by atoms with E-state index in [0.29, 0.717) is 13.2 Å². The predicted octanol–water partition coefficient (Wildman–Crippen LogP) is 3.22. The van der Waals surface area contributed by atoms with Crippen molar-refractivity contribution in [2.24, 2.45) is 0 Å². The number of nitrogens with one attached hydrogen (secondary N) is 1. The highest BCUT2D eigenvalue weighted by Crippen LogP contribution is 2.18. The van der Waals surface area contributed by atoms with Crippen molar-refractivity contribution in [3.8, 4) is 0 Å². The van der Waals surface area contributed by atoms with E-state index in [-0.39, 0.29) is 5.91 Å². The molecule has 0 aliphatic carbocycles. The standard InChI is InChI=1S/C20H25N3O2/c1-16-18(10-6-14-25-16)20(24)22-15-19-21-11-13-23(19)12-5-9-17-7-3-2-4-8-17/h2-4,7-8,11,13H,5-6,9-10,12,14-15H2,1H3,(H,22,24). The van der Waals surface area contributed by atoms with Gasteiger partial charge >= 0.3 is 0 Å². The van der Waals surface area contributed by atoms with Crippen molar-refractivity contribution in [2.45, 2.75) is 45.7 Å². The van der Waals surface area contributed by atoms with Crippen LogP contribution in [0.5, 0.6) is 0 Å². The number of allylic oxidation sites excluding steroid dienone is 1. The first kappa shape index (κ1) is 17.3. The van der Waals surface area contributed by atoms with Crippen LogP contribution in [0.15, 0.2) is 54.1 Å². The van der Waals surface area contributed by atoms with Gasteiger partial charge in [-0.25, -0.2) is 4.98 Å². The van der Waals surface area contributed by atoms with Crippen LogP contribution >= 0.6 is 0 Å². The van der Waals surface area contributed by atoms with Gasteiger partial charge in [0.25, 0.3) is 5.91 Å². The zero-order chi connectivity index (χ0) is 17.5. The molecule has 1 aromatic heterocycles. The number of carbonyl (C=O) groups is 1. The molecule has 0 spiro atoms. The second-order valence-corrected chi connectivity index (χ2v) is 6.30. The fourth-order valence-corrected chi connectivity index (χ4v) is 3.09. The number of aromatic nitrogens is 2. The van der Waals surface area contributed by atoms with Crippen LogP contribution in [-0.2, 0) is 29.0 Å². The Bertz CT molecular complexity index is 734. The summed E-state index contributed by atoms with van der Waals surface area (Å²) in [5, 5.41) is 2.97. The van der Waals surface area contributed by atoms with Gasteiger partial charge in [-0.05, 0) is 38.2 Å². The maximum Gasteiger partial charge on any atom is 0.250 e. The van der Waals surface area contributed by atoms with Crippen LogP contribution in [0.2, 0.25) is 0 Å². The molecule has 132 valence electrons. The summed E-state index contributed by atoms with van der Waals surface area (Å²) in [4.78, 5) is 16.7. The molecule has 1 aromatic carbocycles. The Morgan fingerprint density at radius 3 is 2.96 bits per heavy atom. The smallest absolute Gasteiger partial charge is 0.250 e. The first-order chi connectivity index (χ1) is 12.2. The zero-order valence-electron chi connectivity index (χ0n) is 14.7. The lowest BCUT2D eigenvalue weighted by Gasteiger charge is -2.18. The van der Waals surface area contributed by atoms with Gasteiger partial charge in [-0.15, -0.1) is 0 Å². The molecule has 5 heteroatoms. The zero-order valence-corrected chi connectivity index (χ0v) is 14.7. The van der Waals surface area contributed by atoms with Crippen LogP contribution in [-0.4, -0.2) is 22.1 Å². The molecule has 0 atom stereocenters. The quantitative estimate of drug-likeness (QED) is 0.843. The van der Waals surface area contributed by atoms with Gasteiger partial charge in [-0.2, -0.15) is 0 Å². The largest absolute Gasteiger partial charge is 0.498 e. The minimum absolute atomic E-state index is 0.0453. The highest BCUT2D eigenvalue weighted by atomic mass is 16.5. The molecular formula is C20H25N3O2. The van der Waals surface area contributed by atoms with Gasteiger partial charge in [0.05, 0.1) is 18.7 Å². The number of nitrogens with zero attached hydrogens (tertiary/aromatic N) is 2. The van der Waals surface area contributed by atoms with Crippen molar-refractivity contribution in [1.29, 1.82) is 0 Å². The third-order valence-electron chi connectivity index (χ3n) is 4.50. The summed E-state index contributed by atoms with van der Waals surface area (Å²) in [6, 6.07) is 10.5. The van der Waals surface area contributed by atoms with E-state index in [4.69, 9.17) is 4.74 Å². The van der Waals surface area contributed by atoms with E-state index < -0.39 is 0 Å². The number of hydrogen-bond acceptors (Lipinski definition) is 3. The molecule has 0 fully saturated rings. The number of benzene rings is 1. The molecule has 0 radical (unpaired) electrons. The van der Waals surface area contributed by atoms with Crippen molar-refractivity contribution in [3.63, 3.8) is 0 Å². The molecule has 2 heterocycles. The van der Waals surface area contributed by atoms with Gasteiger partial charge in [0.1, 0.15) is 11.6 Å². The lowest BCUT2D eigenvalue weighted by Crippen LogP contribution is -2.28. The summed E-state index contributed by atoms with van der Waals surface area (Å²) in [5.41, 5.74) is 2.10. The van der Waals surface area contributed by atoms with Gasteiger partial charge in [-0.3, -0.25) is 4.79 Å². The highest BCUT2D eigenvalue weighted by Gasteiger charge is 2.18. The second-order valence-electron chi connectivity index (χ2n) is 6.30. The van der Waals surface area contributed by atoms with Crippen molar-refractivity contribution in [3.05, 3.63) is 65.4 Å². The molecule has 2 aromatic rings. The van der Waals surface area contributed by atoms with E-state index in [2.05, 4.69) is 39.1 Å². The summed E-state index contributed by atoms with van der Waals surface area (Å²) in [7, 11) is 0. The number of ether oxygens (including phenoxy) is 1. The summed E-state index contributed by atoms with van der Waals surface area (Å²) in [5.74, 6) is 1.59. The number of carbonyl (C=O) groups excluding carboxylic acids is 1. The van der Waals surface area contributed by atoms with Crippen LogP contribution in [0.25, 0.3) is 0 Å². The Morgan fingerprint density at radius 2 is 2.16 bits per heavy atom. The number of aryl methyl sites for hydroxylation is 2. The fraction of sp³-hybridized carbons (Fsp3) is 0.400. The number of hydrogen-bond donors (Lipinski definition) is 1. The molecule has 25 heavy (non-hydrogen) atoms. The van der Waals surface area contributed by atoms with Crippen molar-refractivity contribution >= 4 is 5.91 Å². The summed E-state index contributed by atoms with van der Waals surface area (Å²) in [6.45, 7) is 3.89. The van der Waals surface area contributed by atoms with E-state index in [0.717, 1.165) is 49.4 Å². The first-order valence-electron chi connectivity index (χ1n) is 8.88. The number of imidazole rings is 1. The average Bonchev–Trinajstić information content (AvgIpc) is 3.08. The van der Waals surface area contributed by atoms with Crippen LogP contribution in [0.3, 0.4) is 0 Å². The Balaban J connectivity index is 1.50. The van der Waals surface area contributed by atoms with Crippen molar-refractivity contribution < 1.29 is 9.53 Å². The van der Waals surface area contributed by atoms with E-state index >= 15 is 0 Å². The Hall–Kier alpha value is -2.56. The molecule has 0 saturated carbocycles. The van der Waals surface area contributed by atoms with Gasteiger partial charge in [0, 0.05) is 18.9 Å². The van der Waals surface area contributed by atoms with Crippen molar-refractivity contribution in [1.82, 2.24) is 14.9 Å². The molecule has 0 unspecified atom stereocenters. The molecule has 1 amide bonds. The van der Waals surface area contributed by atoms with Crippen LogP contribution in [0.4, 0.5) is 0 Å². The first-order valence-corrected chi connectivity index (χ1v) is 8.88. The Kier molecular flexibility index (Phi) is 5.88. The van der Waals surface area contributed by atoms with Crippen LogP contribution in [0.1, 0.15) is 37.6 Å². The molecular weight excluding hydrogens is 314 g/mol. The number of rotatable bonds is 7. The van der Waals surface area contributed by atoms with Gasteiger partial charge in [-0.1, -0.05) is 30.3 Å². The van der Waals surface area contributed by atoms with E-state index in [9.17, 15) is 4.79 Å². The Morgan fingerprint density at radius 1 is 1.32 bits per heavy atom. The molecule has 1 aliphatic heterocycles. The Labute approximate surface area is 148 Å². The van der Waals surface area contributed by atoms with E-state index in [1.54, 1.807) is 6.20 Å². The predicted molar refractivity (Wildman–Crippen MR) is 96.7 cm³/mol. The normalized spacial score (nSPS) is 14.3. The monoisotopic (exact) mass is 339 g/mol. The average molecular weight is 339 g/mol. The molecule has 1 aliphatic rings. The molecule has 5 nitrogen and oxygen atoms in total. The third kappa shape index (κ3) is 4.72. The summed E-state index contributed by atoms with van der Waals surface area (Å²) >= 11 is 0. The second kappa shape index (κ2) is 8.51. The maximum atomic E-state index is 12.3. The molecule has 0 saturated heterocycles. The minimum Gasteiger partial charge on any atom is -0.498 e. The van der Waals surface area contributed by atoms with Gasteiger partial charge < -0.3 is 14.6 Å². The third-order valence-corrected chi connectivity index (χ3v) is 4.50. The molecule has 1 N–H and O–H groups in total. The lowest BCUT2D eigenvalue weighted by molar-refractivity contribution is -0.118. The lowest BCUT2D eigenvalue weighted by atomic mass is 10.1.